The Bertz CT molecular complexity index is 190. The first-order chi connectivity index (χ1) is 9.14. The molecule has 0 radical (unpaired) electrons. The van der Waals surface area contributed by atoms with Gasteiger partial charge in [-0.2, -0.15) is 0 Å². The molecule has 0 bridgehead atoms. The maximum Gasteiger partial charge on any atom is 0.0568 e. The van der Waals surface area contributed by atoms with Crippen molar-refractivity contribution in [3.63, 3.8) is 0 Å². The van der Waals surface area contributed by atoms with Crippen molar-refractivity contribution in [3.8, 4) is 0 Å². The van der Waals surface area contributed by atoms with Crippen molar-refractivity contribution in [1.29, 1.82) is 0 Å². The van der Waals surface area contributed by atoms with Crippen molar-refractivity contribution in [2.45, 2.75) is 85.2 Å². The summed E-state index contributed by atoms with van der Waals surface area (Å²) in [6.45, 7) is 9.03. The van der Waals surface area contributed by atoms with E-state index in [1.165, 1.54) is 12.8 Å². The van der Waals surface area contributed by atoms with Gasteiger partial charge in [0.15, 0.2) is 0 Å². The minimum Gasteiger partial charge on any atom is -0.396 e. The fraction of sp³-hybridized carbons (Fsp3) is 1.00. The van der Waals surface area contributed by atoms with Gasteiger partial charge in [-0.1, -0.05) is 59.8 Å². The third-order valence-corrected chi connectivity index (χ3v) is 4.78. The molecule has 0 amide bonds. The van der Waals surface area contributed by atoms with Gasteiger partial charge in [-0.05, 0) is 37.0 Å². The predicted molar refractivity (Wildman–Crippen MR) is 83.2 cm³/mol. The van der Waals surface area contributed by atoms with Gasteiger partial charge in [-0.25, -0.2) is 0 Å². The van der Waals surface area contributed by atoms with Crippen LogP contribution in [0.15, 0.2) is 0 Å². The van der Waals surface area contributed by atoms with E-state index in [1.54, 1.807) is 0 Å². The lowest BCUT2D eigenvalue weighted by molar-refractivity contribution is 0.0736. The molecule has 4 atom stereocenters. The van der Waals surface area contributed by atoms with Gasteiger partial charge in [-0.3, -0.25) is 0 Å². The highest BCUT2D eigenvalue weighted by Crippen LogP contribution is 2.27. The number of aliphatic hydroxyl groups is 2. The second kappa shape index (κ2) is 11.7. The van der Waals surface area contributed by atoms with Gasteiger partial charge < -0.3 is 10.2 Å². The van der Waals surface area contributed by atoms with Gasteiger partial charge in [0.2, 0.25) is 0 Å². The summed E-state index contributed by atoms with van der Waals surface area (Å²) in [5.41, 5.74) is 0. The second-order valence-corrected chi connectivity index (χ2v) is 5.97. The van der Waals surface area contributed by atoms with Crippen LogP contribution in [0.1, 0.15) is 79.1 Å². The number of hydrogen-bond acceptors (Lipinski definition) is 2. The van der Waals surface area contributed by atoms with Crippen LogP contribution >= 0.6 is 0 Å². The Labute approximate surface area is 120 Å². The Morgan fingerprint density at radius 3 is 1.74 bits per heavy atom. The third kappa shape index (κ3) is 7.31. The van der Waals surface area contributed by atoms with Crippen molar-refractivity contribution in [1.82, 2.24) is 0 Å². The lowest BCUT2D eigenvalue weighted by atomic mass is 9.82. The van der Waals surface area contributed by atoms with Crippen LogP contribution in [0.25, 0.3) is 0 Å². The Morgan fingerprint density at radius 1 is 0.737 bits per heavy atom. The van der Waals surface area contributed by atoms with Crippen LogP contribution in [0.4, 0.5) is 0 Å². The highest BCUT2D eigenvalue weighted by Gasteiger charge is 2.22. The van der Waals surface area contributed by atoms with Gasteiger partial charge in [0.05, 0.1) is 6.10 Å². The quantitative estimate of drug-likeness (QED) is 0.553. The van der Waals surface area contributed by atoms with Crippen LogP contribution in [0.2, 0.25) is 0 Å². The fourth-order valence-corrected chi connectivity index (χ4v) is 3.14. The molecule has 0 aromatic heterocycles. The molecular formula is C17H36O2. The van der Waals surface area contributed by atoms with E-state index in [-0.39, 0.29) is 12.7 Å². The molecule has 0 aliphatic rings. The first-order valence-corrected chi connectivity index (χ1v) is 8.43. The molecule has 0 aromatic rings. The highest BCUT2D eigenvalue weighted by molar-refractivity contribution is 4.73. The fourth-order valence-electron chi connectivity index (χ4n) is 3.14. The second-order valence-electron chi connectivity index (χ2n) is 5.97. The Hall–Kier alpha value is -0.0800. The first kappa shape index (κ1) is 18.9. The molecular weight excluding hydrogens is 236 g/mol. The summed E-state index contributed by atoms with van der Waals surface area (Å²) in [5, 5.41) is 19.7. The zero-order valence-corrected chi connectivity index (χ0v) is 13.6. The molecule has 0 saturated carbocycles. The maximum atomic E-state index is 10.3. The third-order valence-electron chi connectivity index (χ3n) is 4.78. The summed E-state index contributed by atoms with van der Waals surface area (Å²) in [5.74, 6) is 1.44. The molecule has 0 aliphatic carbocycles. The normalized spacial score (nSPS) is 18.0. The molecule has 2 N–H and O–H groups in total. The molecule has 0 aliphatic heterocycles. The molecule has 0 aromatic carbocycles. The zero-order valence-electron chi connectivity index (χ0n) is 13.6. The summed E-state index contributed by atoms with van der Waals surface area (Å²) in [6, 6.07) is 0. The minimum atomic E-state index is -0.151. The van der Waals surface area contributed by atoms with Gasteiger partial charge >= 0.3 is 0 Å². The van der Waals surface area contributed by atoms with E-state index in [9.17, 15) is 10.2 Å². The van der Waals surface area contributed by atoms with E-state index in [0.29, 0.717) is 17.8 Å². The lowest BCUT2D eigenvalue weighted by Gasteiger charge is -2.27. The van der Waals surface area contributed by atoms with Crippen LogP contribution < -0.4 is 0 Å². The molecule has 0 rings (SSSR count). The highest BCUT2D eigenvalue weighted by atomic mass is 16.3. The Kier molecular flexibility index (Phi) is 11.7. The van der Waals surface area contributed by atoms with E-state index in [0.717, 1.165) is 38.5 Å². The van der Waals surface area contributed by atoms with E-state index < -0.39 is 0 Å². The molecule has 19 heavy (non-hydrogen) atoms. The van der Waals surface area contributed by atoms with E-state index in [4.69, 9.17) is 0 Å². The van der Waals surface area contributed by atoms with E-state index in [1.807, 2.05) is 0 Å². The standard InChI is InChI=1S/C17H36O2/c1-5-9-10-15(7-3)17(19)12-11-14(6-2)16(8-4)13-18/h14-19H,5-13H2,1-4H3. The van der Waals surface area contributed by atoms with Crippen LogP contribution in [0.5, 0.6) is 0 Å². The summed E-state index contributed by atoms with van der Waals surface area (Å²) >= 11 is 0. The molecule has 116 valence electrons. The predicted octanol–water partition coefficient (Wildman–Crippen LogP) is 4.39. The summed E-state index contributed by atoms with van der Waals surface area (Å²) in [7, 11) is 0. The van der Waals surface area contributed by atoms with Crippen LogP contribution in [-0.4, -0.2) is 22.9 Å². The van der Waals surface area contributed by atoms with Crippen molar-refractivity contribution in [2.24, 2.45) is 17.8 Å². The summed E-state index contributed by atoms with van der Waals surface area (Å²) in [4.78, 5) is 0. The molecule has 0 fully saturated rings. The van der Waals surface area contributed by atoms with Crippen molar-refractivity contribution < 1.29 is 10.2 Å². The number of unbranched alkanes of at least 4 members (excludes halogenated alkanes) is 1. The molecule has 0 heterocycles. The van der Waals surface area contributed by atoms with Crippen molar-refractivity contribution >= 4 is 0 Å². The van der Waals surface area contributed by atoms with Gasteiger partial charge in [-0.15, -0.1) is 0 Å². The molecule has 0 saturated heterocycles. The van der Waals surface area contributed by atoms with Gasteiger partial charge in [0.25, 0.3) is 0 Å². The smallest absolute Gasteiger partial charge is 0.0568 e. The SMILES string of the molecule is CCCCC(CC)C(O)CCC(CC)C(CC)CO. The molecule has 0 spiro atoms. The number of aliphatic hydroxyl groups excluding tert-OH is 2. The van der Waals surface area contributed by atoms with Crippen molar-refractivity contribution in [2.75, 3.05) is 6.61 Å². The zero-order chi connectivity index (χ0) is 14.7. The Morgan fingerprint density at radius 2 is 1.32 bits per heavy atom. The van der Waals surface area contributed by atoms with Crippen LogP contribution in [0.3, 0.4) is 0 Å². The average molecular weight is 272 g/mol. The average Bonchev–Trinajstić information content (AvgIpc) is 2.44. The van der Waals surface area contributed by atoms with Crippen LogP contribution in [0, 0.1) is 17.8 Å². The number of hydrogen-bond donors (Lipinski definition) is 2. The van der Waals surface area contributed by atoms with Crippen molar-refractivity contribution in [3.05, 3.63) is 0 Å². The Balaban J connectivity index is 4.18. The minimum absolute atomic E-state index is 0.151. The maximum absolute atomic E-state index is 10.3. The van der Waals surface area contributed by atoms with Gasteiger partial charge in [0.1, 0.15) is 0 Å². The largest absolute Gasteiger partial charge is 0.396 e. The topological polar surface area (TPSA) is 40.5 Å². The van der Waals surface area contributed by atoms with Crippen LogP contribution in [-0.2, 0) is 0 Å². The van der Waals surface area contributed by atoms with Gasteiger partial charge in [0, 0.05) is 6.61 Å². The monoisotopic (exact) mass is 272 g/mol. The summed E-state index contributed by atoms with van der Waals surface area (Å²) in [6.07, 6.45) is 8.62. The first-order valence-electron chi connectivity index (χ1n) is 8.43. The van der Waals surface area contributed by atoms with E-state index in [2.05, 4.69) is 27.7 Å². The lowest BCUT2D eigenvalue weighted by Crippen LogP contribution is -2.24. The molecule has 4 unspecified atom stereocenters. The molecule has 2 heteroatoms. The molecule has 2 nitrogen and oxygen atoms in total. The van der Waals surface area contributed by atoms with E-state index >= 15 is 0 Å². The summed E-state index contributed by atoms with van der Waals surface area (Å²) < 4.78 is 0. The number of rotatable bonds is 12.